The molecule has 1 aliphatic heterocycles. The zero-order valence-corrected chi connectivity index (χ0v) is 7.61. The second-order valence-corrected chi connectivity index (χ2v) is 4.29. The lowest BCUT2D eigenvalue weighted by Crippen LogP contribution is -2.36. The first kappa shape index (κ1) is 8.49. The quantitative estimate of drug-likeness (QED) is 0.638. The van der Waals surface area contributed by atoms with Crippen molar-refractivity contribution >= 4 is 0 Å². The van der Waals surface area contributed by atoms with Crippen molar-refractivity contribution in [3.05, 3.63) is 0 Å². The Morgan fingerprint density at radius 2 is 1.92 bits per heavy atom. The van der Waals surface area contributed by atoms with Crippen LogP contribution in [0.15, 0.2) is 0 Å². The molecule has 0 aromatic heterocycles. The highest BCUT2D eigenvalue weighted by molar-refractivity contribution is 4.93. The fourth-order valence-electron chi connectivity index (χ4n) is 2.64. The normalized spacial score (nSPS) is 35.2. The number of alkyl halides is 1. The first-order chi connectivity index (χ1) is 5.81. The smallest absolute Gasteiger partial charge is 0.115 e. The third kappa shape index (κ3) is 1.49. The van der Waals surface area contributed by atoms with Crippen molar-refractivity contribution in [3.63, 3.8) is 0 Å². The van der Waals surface area contributed by atoms with Crippen molar-refractivity contribution in [1.82, 2.24) is 5.32 Å². The Labute approximate surface area is 73.7 Å². The van der Waals surface area contributed by atoms with Crippen LogP contribution in [0, 0.1) is 5.92 Å². The predicted molar refractivity (Wildman–Crippen MR) is 47.9 cm³/mol. The Morgan fingerprint density at radius 3 is 2.50 bits per heavy atom. The maximum Gasteiger partial charge on any atom is 0.115 e. The van der Waals surface area contributed by atoms with Gasteiger partial charge in [0.1, 0.15) is 5.67 Å². The lowest BCUT2D eigenvalue weighted by Gasteiger charge is -2.34. The van der Waals surface area contributed by atoms with E-state index in [1.165, 1.54) is 6.42 Å². The van der Waals surface area contributed by atoms with Gasteiger partial charge in [0.25, 0.3) is 0 Å². The number of halogens is 1. The molecule has 2 rings (SSSR count). The van der Waals surface area contributed by atoms with Crippen LogP contribution >= 0.6 is 0 Å². The number of rotatable bonds is 1. The molecule has 0 aromatic carbocycles. The number of nitrogens with one attached hydrogen (secondary N) is 1. The molecule has 0 radical (unpaired) electrons. The summed E-state index contributed by atoms with van der Waals surface area (Å²) in [6.45, 7) is 1.94. The van der Waals surface area contributed by atoms with Crippen LogP contribution in [-0.2, 0) is 0 Å². The second-order valence-electron chi connectivity index (χ2n) is 4.29. The van der Waals surface area contributed by atoms with E-state index in [4.69, 9.17) is 0 Å². The molecule has 1 saturated heterocycles. The van der Waals surface area contributed by atoms with Crippen LogP contribution in [0.2, 0.25) is 0 Å². The number of hydrogen-bond acceptors (Lipinski definition) is 1. The molecule has 1 heterocycles. The van der Waals surface area contributed by atoms with Crippen LogP contribution in [0.5, 0.6) is 0 Å². The van der Waals surface area contributed by atoms with E-state index in [1.807, 2.05) is 0 Å². The van der Waals surface area contributed by atoms with Crippen molar-refractivity contribution in [2.24, 2.45) is 5.92 Å². The summed E-state index contributed by atoms with van der Waals surface area (Å²) in [6.07, 6.45) is 6.14. The lowest BCUT2D eigenvalue weighted by molar-refractivity contribution is 0.0472. The van der Waals surface area contributed by atoms with Crippen molar-refractivity contribution in [1.29, 1.82) is 0 Å². The van der Waals surface area contributed by atoms with Crippen molar-refractivity contribution < 1.29 is 4.39 Å². The molecule has 1 unspecified atom stereocenters. The summed E-state index contributed by atoms with van der Waals surface area (Å²) in [7, 11) is 0. The molecule has 12 heavy (non-hydrogen) atoms. The van der Waals surface area contributed by atoms with E-state index >= 15 is 0 Å². The van der Waals surface area contributed by atoms with Gasteiger partial charge in [0.15, 0.2) is 0 Å². The minimum absolute atomic E-state index is 0.317. The van der Waals surface area contributed by atoms with E-state index in [9.17, 15) is 4.39 Å². The summed E-state index contributed by atoms with van der Waals surface area (Å²) >= 11 is 0. The molecule has 2 heteroatoms. The minimum atomic E-state index is -0.804. The van der Waals surface area contributed by atoms with Gasteiger partial charge < -0.3 is 5.32 Å². The van der Waals surface area contributed by atoms with Gasteiger partial charge >= 0.3 is 0 Å². The fraction of sp³-hybridized carbons (Fsp3) is 1.00. The Bertz CT molecular complexity index is 146. The van der Waals surface area contributed by atoms with Crippen LogP contribution < -0.4 is 5.32 Å². The maximum atomic E-state index is 14.2. The third-order valence-electron chi connectivity index (χ3n) is 3.48. The number of hydrogen-bond donors (Lipinski definition) is 1. The molecule has 2 fully saturated rings. The van der Waals surface area contributed by atoms with E-state index in [1.54, 1.807) is 0 Å². The topological polar surface area (TPSA) is 12.0 Å². The van der Waals surface area contributed by atoms with Crippen LogP contribution in [0.25, 0.3) is 0 Å². The highest BCUT2D eigenvalue weighted by atomic mass is 19.1. The molecule has 0 amide bonds. The van der Waals surface area contributed by atoms with E-state index in [0.29, 0.717) is 5.92 Å². The van der Waals surface area contributed by atoms with E-state index in [0.717, 1.165) is 45.2 Å². The summed E-state index contributed by atoms with van der Waals surface area (Å²) in [4.78, 5) is 0. The van der Waals surface area contributed by atoms with Crippen molar-refractivity contribution in [2.75, 3.05) is 13.1 Å². The summed E-state index contributed by atoms with van der Waals surface area (Å²) in [5.74, 6) is 0.317. The first-order valence-corrected chi connectivity index (χ1v) is 5.21. The van der Waals surface area contributed by atoms with E-state index in [2.05, 4.69) is 5.32 Å². The highest BCUT2D eigenvalue weighted by Crippen LogP contribution is 2.40. The van der Waals surface area contributed by atoms with E-state index in [-0.39, 0.29) is 0 Å². The molecule has 0 bridgehead atoms. The molecule has 1 N–H and O–H groups in total. The average Bonchev–Trinajstić information content (AvgIpc) is 2.58. The average molecular weight is 171 g/mol. The molecule has 70 valence electrons. The Kier molecular flexibility index (Phi) is 2.35. The first-order valence-electron chi connectivity index (χ1n) is 5.21. The molecule has 1 nitrogen and oxygen atoms in total. The minimum Gasteiger partial charge on any atom is -0.316 e. The molecule has 1 saturated carbocycles. The summed E-state index contributed by atoms with van der Waals surface area (Å²) in [6, 6.07) is 0. The molecular formula is C10H18FN. The van der Waals surface area contributed by atoms with E-state index < -0.39 is 5.67 Å². The van der Waals surface area contributed by atoms with Gasteiger partial charge in [-0.25, -0.2) is 4.39 Å². The van der Waals surface area contributed by atoms with Crippen molar-refractivity contribution in [3.8, 4) is 0 Å². The van der Waals surface area contributed by atoms with Crippen LogP contribution in [-0.4, -0.2) is 18.8 Å². The Hall–Kier alpha value is -0.110. The molecule has 0 spiro atoms. The van der Waals surface area contributed by atoms with Gasteiger partial charge in [0, 0.05) is 12.5 Å². The SMILES string of the molecule is FC1(C2CCNC2)CCCCC1. The Morgan fingerprint density at radius 1 is 1.17 bits per heavy atom. The van der Waals surface area contributed by atoms with Gasteiger partial charge in [-0.3, -0.25) is 0 Å². The molecule has 0 aromatic rings. The van der Waals surface area contributed by atoms with Gasteiger partial charge in [-0.05, 0) is 25.8 Å². The predicted octanol–water partition coefficient (Wildman–Crippen LogP) is 2.27. The van der Waals surface area contributed by atoms with Crippen molar-refractivity contribution in [2.45, 2.75) is 44.2 Å². The zero-order valence-electron chi connectivity index (χ0n) is 7.61. The second kappa shape index (κ2) is 3.33. The largest absolute Gasteiger partial charge is 0.316 e. The van der Waals surface area contributed by atoms with Gasteiger partial charge in [-0.15, -0.1) is 0 Å². The third-order valence-corrected chi connectivity index (χ3v) is 3.48. The summed E-state index contributed by atoms with van der Waals surface area (Å²) in [5, 5.41) is 3.25. The molecular weight excluding hydrogens is 153 g/mol. The highest BCUT2D eigenvalue weighted by Gasteiger charge is 2.40. The summed E-state index contributed by atoms with van der Waals surface area (Å²) in [5.41, 5.74) is -0.804. The van der Waals surface area contributed by atoms with Gasteiger partial charge in [0.2, 0.25) is 0 Å². The summed E-state index contributed by atoms with van der Waals surface area (Å²) < 4.78 is 14.2. The Balaban J connectivity index is 1.97. The zero-order chi connectivity index (χ0) is 8.44. The standard InChI is InChI=1S/C10H18FN/c11-10(5-2-1-3-6-10)9-4-7-12-8-9/h9,12H,1-8H2. The monoisotopic (exact) mass is 171 g/mol. The van der Waals surface area contributed by atoms with Crippen LogP contribution in [0.3, 0.4) is 0 Å². The lowest BCUT2D eigenvalue weighted by atomic mass is 9.77. The van der Waals surface area contributed by atoms with Gasteiger partial charge in [-0.1, -0.05) is 19.3 Å². The van der Waals surface area contributed by atoms with Gasteiger partial charge in [-0.2, -0.15) is 0 Å². The fourth-order valence-corrected chi connectivity index (χ4v) is 2.64. The maximum absolute atomic E-state index is 14.2. The van der Waals surface area contributed by atoms with Gasteiger partial charge in [0.05, 0.1) is 0 Å². The molecule has 1 aliphatic carbocycles. The van der Waals surface area contributed by atoms with Crippen LogP contribution in [0.4, 0.5) is 4.39 Å². The molecule has 2 aliphatic rings. The molecule has 1 atom stereocenters. The van der Waals surface area contributed by atoms with Crippen LogP contribution in [0.1, 0.15) is 38.5 Å².